The number of halogens is 1. The number of amides is 2. The Morgan fingerprint density at radius 2 is 2.16 bits per heavy atom. The normalized spacial score (nSPS) is 10.7. The van der Waals surface area contributed by atoms with Crippen LogP contribution in [0.1, 0.15) is 27.9 Å². The molecule has 9 heteroatoms. The van der Waals surface area contributed by atoms with Gasteiger partial charge >= 0.3 is 0 Å². The molecule has 0 unspecified atom stereocenters. The van der Waals surface area contributed by atoms with Crippen molar-refractivity contribution in [2.24, 2.45) is 0 Å². The molecule has 0 fully saturated rings. The van der Waals surface area contributed by atoms with E-state index in [-0.39, 0.29) is 17.6 Å². The predicted octanol–water partition coefficient (Wildman–Crippen LogP) is 4.42. The second-order valence-electron chi connectivity index (χ2n) is 5.23. The van der Waals surface area contributed by atoms with Gasteiger partial charge in [0.05, 0.1) is 17.1 Å². The molecule has 3 aromatic heterocycles. The molecule has 0 radical (unpaired) electrons. The Hall–Kier alpha value is -1.97. The van der Waals surface area contributed by atoms with Crippen molar-refractivity contribution < 1.29 is 14.0 Å². The fraction of sp³-hybridized carbons (Fsp3) is 0.188. The van der Waals surface area contributed by atoms with Gasteiger partial charge in [0, 0.05) is 22.7 Å². The van der Waals surface area contributed by atoms with Gasteiger partial charge in [0.25, 0.3) is 5.91 Å². The number of nitrogens with one attached hydrogen (secondary N) is 2. The first-order valence-corrected chi connectivity index (χ1v) is 9.77. The van der Waals surface area contributed by atoms with Crippen molar-refractivity contribution >= 4 is 55.5 Å². The third-order valence-electron chi connectivity index (χ3n) is 3.24. The Balaban J connectivity index is 1.69. The molecule has 0 aromatic carbocycles. The fourth-order valence-corrected chi connectivity index (χ4v) is 4.28. The minimum Gasteiger partial charge on any atom is -0.444 e. The number of nitrogens with zero attached hydrogens (tertiary/aromatic N) is 1. The number of carbonyl (C=O) groups excluding carboxylic acids is 2. The number of thiophene rings is 1. The van der Waals surface area contributed by atoms with Crippen LogP contribution in [0.4, 0.5) is 5.13 Å². The number of aryl methyl sites for hydroxylation is 1. The summed E-state index contributed by atoms with van der Waals surface area (Å²) in [6.07, 6.45) is 0. The standard InChI is InChI=1S/C16H14BrN3O3S2/c1-8-5-13(17)23-14(8)15(22)20-16-19-11(7-24-16)12-4-3-10(25-12)6-18-9(2)21/h3-5,7H,6H2,1-2H3,(H,18,21)(H,19,20,22). The van der Waals surface area contributed by atoms with Crippen molar-refractivity contribution in [3.8, 4) is 10.6 Å². The number of hydrogen-bond acceptors (Lipinski definition) is 6. The highest BCUT2D eigenvalue weighted by Gasteiger charge is 2.17. The maximum Gasteiger partial charge on any atom is 0.293 e. The summed E-state index contributed by atoms with van der Waals surface area (Å²) in [4.78, 5) is 29.7. The molecule has 6 nitrogen and oxygen atoms in total. The molecule has 0 saturated carbocycles. The molecule has 130 valence electrons. The summed E-state index contributed by atoms with van der Waals surface area (Å²) in [6.45, 7) is 3.79. The molecular weight excluding hydrogens is 426 g/mol. The summed E-state index contributed by atoms with van der Waals surface area (Å²) in [5.74, 6) is -0.132. The summed E-state index contributed by atoms with van der Waals surface area (Å²) in [5, 5.41) is 7.90. The average Bonchev–Trinajstić information content (AvgIpc) is 3.25. The average molecular weight is 440 g/mol. The number of carbonyl (C=O) groups is 2. The number of furan rings is 1. The van der Waals surface area contributed by atoms with Gasteiger partial charge < -0.3 is 9.73 Å². The second kappa shape index (κ2) is 7.51. The van der Waals surface area contributed by atoms with Gasteiger partial charge in [-0.25, -0.2) is 4.98 Å². The summed E-state index contributed by atoms with van der Waals surface area (Å²) in [7, 11) is 0. The molecule has 0 atom stereocenters. The lowest BCUT2D eigenvalue weighted by molar-refractivity contribution is -0.119. The van der Waals surface area contributed by atoms with Crippen LogP contribution in [0.5, 0.6) is 0 Å². The van der Waals surface area contributed by atoms with Gasteiger partial charge in [0.2, 0.25) is 5.91 Å². The Morgan fingerprint density at radius 1 is 1.36 bits per heavy atom. The van der Waals surface area contributed by atoms with Gasteiger partial charge in [-0.1, -0.05) is 0 Å². The molecule has 2 N–H and O–H groups in total. The summed E-state index contributed by atoms with van der Waals surface area (Å²) in [6, 6.07) is 5.65. The number of anilines is 1. The van der Waals surface area contributed by atoms with Crippen molar-refractivity contribution in [3.63, 3.8) is 0 Å². The number of hydrogen-bond donors (Lipinski definition) is 2. The van der Waals surface area contributed by atoms with Gasteiger partial charge in [-0.3, -0.25) is 14.9 Å². The van der Waals surface area contributed by atoms with Crippen molar-refractivity contribution in [3.05, 3.63) is 44.4 Å². The Morgan fingerprint density at radius 3 is 2.84 bits per heavy atom. The lowest BCUT2D eigenvalue weighted by Crippen LogP contribution is -2.17. The molecule has 25 heavy (non-hydrogen) atoms. The topological polar surface area (TPSA) is 84.2 Å². The smallest absolute Gasteiger partial charge is 0.293 e. The minimum atomic E-state index is -0.332. The minimum absolute atomic E-state index is 0.0616. The zero-order valence-electron chi connectivity index (χ0n) is 13.4. The molecule has 0 saturated heterocycles. The zero-order chi connectivity index (χ0) is 18.0. The van der Waals surface area contributed by atoms with Crippen LogP contribution in [0.15, 0.2) is 32.7 Å². The SMILES string of the molecule is CC(=O)NCc1ccc(-c2csc(NC(=O)c3oc(Br)cc3C)n2)s1. The van der Waals surface area contributed by atoms with E-state index < -0.39 is 0 Å². The van der Waals surface area contributed by atoms with Gasteiger partial charge in [0.15, 0.2) is 15.6 Å². The van der Waals surface area contributed by atoms with Crippen LogP contribution in [0.3, 0.4) is 0 Å². The number of rotatable bonds is 5. The van der Waals surface area contributed by atoms with E-state index in [4.69, 9.17) is 4.42 Å². The lowest BCUT2D eigenvalue weighted by Gasteiger charge is -1.99. The molecular formula is C16H14BrN3O3S2. The van der Waals surface area contributed by atoms with Crippen molar-refractivity contribution in [2.75, 3.05) is 5.32 Å². The summed E-state index contributed by atoms with van der Waals surface area (Å²) in [5.41, 5.74) is 1.54. The molecule has 0 aliphatic carbocycles. The zero-order valence-corrected chi connectivity index (χ0v) is 16.6. The highest BCUT2D eigenvalue weighted by Crippen LogP contribution is 2.31. The van der Waals surface area contributed by atoms with E-state index in [1.807, 2.05) is 17.5 Å². The lowest BCUT2D eigenvalue weighted by atomic mass is 10.3. The van der Waals surface area contributed by atoms with Crippen LogP contribution in [-0.4, -0.2) is 16.8 Å². The second-order valence-corrected chi connectivity index (χ2v) is 8.04. The van der Waals surface area contributed by atoms with Gasteiger partial charge in [0.1, 0.15) is 0 Å². The quantitative estimate of drug-likeness (QED) is 0.615. The van der Waals surface area contributed by atoms with Crippen molar-refractivity contribution in [1.82, 2.24) is 10.3 Å². The summed E-state index contributed by atoms with van der Waals surface area (Å²) < 4.78 is 5.85. The van der Waals surface area contributed by atoms with Crippen LogP contribution in [0.2, 0.25) is 0 Å². The van der Waals surface area contributed by atoms with Crippen LogP contribution >= 0.6 is 38.6 Å². The largest absolute Gasteiger partial charge is 0.444 e. The Labute approximate surface area is 160 Å². The van der Waals surface area contributed by atoms with Crippen molar-refractivity contribution in [1.29, 1.82) is 0 Å². The first kappa shape index (κ1) is 17.8. The van der Waals surface area contributed by atoms with Gasteiger partial charge in [-0.05, 0) is 41.1 Å². The number of aromatic nitrogens is 1. The monoisotopic (exact) mass is 439 g/mol. The fourth-order valence-electron chi connectivity index (χ4n) is 2.09. The Kier molecular flexibility index (Phi) is 5.36. The van der Waals surface area contributed by atoms with E-state index >= 15 is 0 Å². The van der Waals surface area contributed by atoms with Crippen LogP contribution in [-0.2, 0) is 11.3 Å². The molecule has 0 aliphatic rings. The maximum atomic E-state index is 12.3. The predicted molar refractivity (Wildman–Crippen MR) is 102 cm³/mol. The number of thiazole rings is 1. The van der Waals surface area contributed by atoms with Gasteiger partial charge in [-0.2, -0.15) is 0 Å². The van der Waals surface area contributed by atoms with E-state index in [9.17, 15) is 9.59 Å². The first-order valence-electron chi connectivity index (χ1n) is 7.28. The van der Waals surface area contributed by atoms with Crippen molar-refractivity contribution in [2.45, 2.75) is 20.4 Å². The summed E-state index contributed by atoms with van der Waals surface area (Å²) >= 11 is 6.11. The van der Waals surface area contributed by atoms with E-state index in [1.54, 1.807) is 24.3 Å². The molecule has 3 heterocycles. The van der Waals surface area contributed by atoms with Crippen LogP contribution in [0.25, 0.3) is 10.6 Å². The third-order valence-corrected chi connectivity index (χ3v) is 5.50. The molecule has 3 aromatic rings. The molecule has 0 spiro atoms. The molecule has 2 amide bonds. The molecule has 0 bridgehead atoms. The van der Waals surface area contributed by atoms with Gasteiger partial charge in [-0.15, -0.1) is 22.7 Å². The van der Waals surface area contributed by atoms with E-state index in [2.05, 4.69) is 31.5 Å². The van der Waals surface area contributed by atoms with E-state index in [1.165, 1.54) is 18.3 Å². The highest BCUT2D eigenvalue weighted by molar-refractivity contribution is 9.10. The third kappa shape index (κ3) is 4.36. The highest BCUT2D eigenvalue weighted by atomic mass is 79.9. The van der Waals surface area contributed by atoms with E-state index in [0.717, 1.165) is 21.0 Å². The van der Waals surface area contributed by atoms with E-state index in [0.29, 0.717) is 16.3 Å². The molecule has 3 rings (SSSR count). The Bertz CT molecular complexity index is 929. The first-order chi connectivity index (χ1) is 11.9. The van der Waals surface area contributed by atoms with Crippen LogP contribution in [0, 0.1) is 6.92 Å². The maximum absolute atomic E-state index is 12.3. The molecule has 0 aliphatic heterocycles. The van der Waals surface area contributed by atoms with Crippen LogP contribution < -0.4 is 10.6 Å².